The van der Waals surface area contributed by atoms with Crippen molar-refractivity contribution >= 4 is 0 Å². The van der Waals surface area contributed by atoms with Crippen molar-refractivity contribution < 1.29 is 4.74 Å². The van der Waals surface area contributed by atoms with Gasteiger partial charge in [0.1, 0.15) is 5.75 Å². The van der Waals surface area contributed by atoms with Crippen molar-refractivity contribution in [2.75, 3.05) is 6.61 Å². The fourth-order valence-corrected chi connectivity index (χ4v) is 3.12. The molecule has 1 aromatic carbocycles. The summed E-state index contributed by atoms with van der Waals surface area (Å²) in [6, 6.07) is 6.59. The molecule has 1 aliphatic rings. The van der Waals surface area contributed by atoms with Gasteiger partial charge >= 0.3 is 0 Å². The summed E-state index contributed by atoms with van der Waals surface area (Å²) in [5.41, 5.74) is 8.74. The summed E-state index contributed by atoms with van der Waals surface area (Å²) in [6.07, 6.45) is 7.70. The highest BCUT2D eigenvalue weighted by Crippen LogP contribution is 2.27. The molecule has 1 atom stereocenters. The highest BCUT2D eigenvalue weighted by atomic mass is 16.5. The van der Waals surface area contributed by atoms with Crippen molar-refractivity contribution in [2.24, 2.45) is 11.7 Å². The Morgan fingerprint density at radius 3 is 2.42 bits per heavy atom. The number of para-hydroxylation sites is 1. The third kappa shape index (κ3) is 3.97. The van der Waals surface area contributed by atoms with E-state index in [1.807, 2.05) is 0 Å². The van der Waals surface area contributed by atoms with Gasteiger partial charge < -0.3 is 10.5 Å². The molecule has 106 valence electrons. The Bertz CT molecular complexity index is 376. The van der Waals surface area contributed by atoms with Crippen molar-refractivity contribution in [1.29, 1.82) is 0 Å². The summed E-state index contributed by atoms with van der Waals surface area (Å²) in [5, 5.41) is 0. The number of benzene rings is 1. The molecule has 2 N–H and O–H groups in total. The van der Waals surface area contributed by atoms with Gasteiger partial charge in [0.2, 0.25) is 0 Å². The van der Waals surface area contributed by atoms with Gasteiger partial charge in [-0.15, -0.1) is 0 Å². The minimum Gasteiger partial charge on any atom is -0.493 e. The zero-order valence-corrected chi connectivity index (χ0v) is 12.3. The maximum absolute atomic E-state index is 6.31. The van der Waals surface area contributed by atoms with Gasteiger partial charge in [-0.1, -0.05) is 37.5 Å². The topological polar surface area (TPSA) is 35.2 Å². The van der Waals surface area contributed by atoms with Crippen molar-refractivity contribution in [1.82, 2.24) is 0 Å². The molecule has 0 spiro atoms. The van der Waals surface area contributed by atoms with E-state index in [4.69, 9.17) is 10.5 Å². The average Bonchev–Trinajstić information content (AvgIpc) is 2.43. The first-order chi connectivity index (χ1) is 9.18. The predicted molar refractivity (Wildman–Crippen MR) is 80.6 cm³/mol. The van der Waals surface area contributed by atoms with E-state index in [0.29, 0.717) is 6.04 Å². The maximum atomic E-state index is 6.31. The third-order valence-corrected chi connectivity index (χ3v) is 4.36. The predicted octanol–water partition coefficient (Wildman–Crippen LogP) is 3.98. The number of ether oxygens (including phenoxy) is 1. The molecule has 0 aromatic heterocycles. The van der Waals surface area contributed by atoms with Crippen LogP contribution >= 0.6 is 0 Å². The molecule has 1 aliphatic carbocycles. The summed E-state index contributed by atoms with van der Waals surface area (Å²) in [5.74, 6) is 1.76. The van der Waals surface area contributed by atoms with Crippen molar-refractivity contribution in [3.63, 3.8) is 0 Å². The van der Waals surface area contributed by atoms with Crippen LogP contribution in [-0.4, -0.2) is 12.6 Å². The monoisotopic (exact) mass is 261 g/mol. The number of hydrogen-bond donors (Lipinski definition) is 1. The largest absolute Gasteiger partial charge is 0.493 e. The lowest BCUT2D eigenvalue weighted by molar-refractivity contribution is 0.242. The zero-order valence-electron chi connectivity index (χ0n) is 12.3. The first-order valence-corrected chi connectivity index (χ1v) is 7.63. The molecule has 0 radical (unpaired) electrons. The molecule has 1 aromatic rings. The molecule has 1 unspecified atom stereocenters. The number of rotatable bonds is 5. The van der Waals surface area contributed by atoms with Crippen molar-refractivity contribution in [2.45, 2.75) is 58.4 Å². The molecule has 0 bridgehead atoms. The van der Waals surface area contributed by atoms with E-state index in [2.05, 4.69) is 32.0 Å². The molecule has 19 heavy (non-hydrogen) atoms. The Morgan fingerprint density at radius 1 is 1.16 bits per heavy atom. The molecule has 0 aliphatic heterocycles. The molecular formula is C17H27NO. The van der Waals surface area contributed by atoms with Gasteiger partial charge in [-0.05, 0) is 50.2 Å². The summed E-state index contributed by atoms with van der Waals surface area (Å²) < 4.78 is 5.95. The first-order valence-electron chi connectivity index (χ1n) is 7.63. The van der Waals surface area contributed by atoms with Crippen LogP contribution in [0.4, 0.5) is 0 Å². The smallest absolute Gasteiger partial charge is 0.125 e. The van der Waals surface area contributed by atoms with Crippen LogP contribution in [0.1, 0.15) is 49.7 Å². The Balaban J connectivity index is 1.79. The normalized spacial score (nSPS) is 18.3. The standard InChI is InChI=1S/C17H27NO/c1-13-7-6-8-14(2)17(13)19-12-11-16(18)15-9-4-3-5-10-15/h6-8,15-16H,3-5,9-12,18H2,1-2H3. The highest BCUT2D eigenvalue weighted by Gasteiger charge is 2.20. The lowest BCUT2D eigenvalue weighted by atomic mass is 9.83. The van der Waals surface area contributed by atoms with E-state index < -0.39 is 0 Å². The van der Waals surface area contributed by atoms with E-state index in [-0.39, 0.29) is 0 Å². The Morgan fingerprint density at radius 2 is 1.79 bits per heavy atom. The van der Waals surface area contributed by atoms with Crippen LogP contribution in [0.3, 0.4) is 0 Å². The number of hydrogen-bond acceptors (Lipinski definition) is 2. The van der Waals surface area contributed by atoms with E-state index in [1.54, 1.807) is 0 Å². The summed E-state index contributed by atoms with van der Waals surface area (Å²) in [4.78, 5) is 0. The summed E-state index contributed by atoms with van der Waals surface area (Å²) in [6.45, 7) is 4.94. The minimum atomic E-state index is 0.310. The van der Waals surface area contributed by atoms with E-state index in [1.165, 1.54) is 43.2 Å². The lowest BCUT2D eigenvalue weighted by Crippen LogP contribution is -2.33. The second-order valence-corrected chi connectivity index (χ2v) is 5.92. The number of aryl methyl sites for hydroxylation is 2. The number of nitrogens with two attached hydrogens (primary N) is 1. The molecule has 1 saturated carbocycles. The third-order valence-electron chi connectivity index (χ3n) is 4.36. The maximum Gasteiger partial charge on any atom is 0.125 e. The fraction of sp³-hybridized carbons (Fsp3) is 0.647. The Labute approximate surface area is 117 Å². The molecule has 0 heterocycles. The summed E-state index contributed by atoms with van der Waals surface area (Å²) >= 11 is 0. The van der Waals surface area contributed by atoms with Gasteiger partial charge in [0.05, 0.1) is 6.61 Å². The van der Waals surface area contributed by atoms with Gasteiger partial charge in [0.25, 0.3) is 0 Å². The van der Waals surface area contributed by atoms with Crippen LogP contribution in [0.15, 0.2) is 18.2 Å². The second-order valence-electron chi connectivity index (χ2n) is 5.92. The van der Waals surface area contributed by atoms with Gasteiger partial charge in [0, 0.05) is 6.04 Å². The van der Waals surface area contributed by atoms with Gasteiger partial charge in [-0.2, -0.15) is 0 Å². The van der Waals surface area contributed by atoms with Crippen LogP contribution in [0.2, 0.25) is 0 Å². The van der Waals surface area contributed by atoms with Gasteiger partial charge in [0.15, 0.2) is 0 Å². The van der Waals surface area contributed by atoms with Crippen LogP contribution in [-0.2, 0) is 0 Å². The Hall–Kier alpha value is -1.02. The molecule has 0 amide bonds. The summed E-state index contributed by atoms with van der Waals surface area (Å²) in [7, 11) is 0. The van der Waals surface area contributed by atoms with Crippen molar-refractivity contribution in [3.05, 3.63) is 29.3 Å². The molecule has 0 saturated heterocycles. The zero-order chi connectivity index (χ0) is 13.7. The average molecular weight is 261 g/mol. The van der Waals surface area contributed by atoms with E-state index >= 15 is 0 Å². The highest BCUT2D eigenvalue weighted by molar-refractivity contribution is 5.39. The molecular weight excluding hydrogens is 234 g/mol. The van der Waals surface area contributed by atoms with Gasteiger partial charge in [-0.25, -0.2) is 0 Å². The second kappa shape index (κ2) is 6.95. The van der Waals surface area contributed by atoms with Crippen LogP contribution < -0.4 is 10.5 Å². The fourth-order valence-electron chi connectivity index (χ4n) is 3.12. The Kier molecular flexibility index (Phi) is 5.26. The molecule has 1 fully saturated rings. The first kappa shape index (κ1) is 14.4. The van der Waals surface area contributed by atoms with Gasteiger partial charge in [-0.3, -0.25) is 0 Å². The minimum absolute atomic E-state index is 0.310. The molecule has 2 rings (SSSR count). The van der Waals surface area contributed by atoms with Crippen LogP contribution in [0.25, 0.3) is 0 Å². The molecule has 2 heteroatoms. The lowest BCUT2D eigenvalue weighted by Gasteiger charge is -2.27. The SMILES string of the molecule is Cc1cccc(C)c1OCCC(N)C1CCCCC1. The van der Waals surface area contributed by atoms with Crippen molar-refractivity contribution in [3.8, 4) is 5.75 Å². The van der Waals surface area contributed by atoms with Crippen LogP contribution in [0, 0.1) is 19.8 Å². The van der Waals surface area contributed by atoms with E-state index in [9.17, 15) is 0 Å². The molecule has 2 nitrogen and oxygen atoms in total. The van der Waals surface area contributed by atoms with E-state index in [0.717, 1.165) is 24.7 Å². The quantitative estimate of drug-likeness (QED) is 0.870. The van der Waals surface area contributed by atoms with Crippen LogP contribution in [0.5, 0.6) is 5.75 Å².